The summed E-state index contributed by atoms with van der Waals surface area (Å²) in [7, 11) is 1.87. The SMILES string of the molecule is CCCOCCN(C)N=Nc1ccc2ncnc(Nc3cccc(Cl)c3)c2c1. The van der Waals surface area contributed by atoms with Gasteiger partial charge in [0.25, 0.3) is 0 Å². The monoisotopic (exact) mass is 398 g/mol. The first kappa shape index (κ1) is 20.0. The van der Waals surface area contributed by atoms with Crippen LogP contribution in [0.1, 0.15) is 13.3 Å². The van der Waals surface area contributed by atoms with Gasteiger partial charge in [0.15, 0.2) is 0 Å². The van der Waals surface area contributed by atoms with E-state index in [1.165, 1.54) is 6.33 Å². The van der Waals surface area contributed by atoms with Gasteiger partial charge in [0, 0.05) is 29.8 Å². The number of aromatic nitrogens is 2. The van der Waals surface area contributed by atoms with E-state index in [-0.39, 0.29) is 0 Å². The van der Waals surface area contributed by atoms with Crippen LogP contribution in [0.3, 0.4) is 0 Å². The van der Waals surface area contributed by atoms with Crippen LogP contribution in [0.25, 0.3) is 10.9 Å². The zero-order valence-corrected chi connectivity index (χ0v) is 16.7. The molecule has 3 rings (SSSR count). The molecule has 0 saturated carbocycles. The van der Waals surface area contributed by atoms with Gasteiger partial charge >= 0.3 is 0 Å². The van der Waals surface area contributed by atoms with Crippen molar-refractivity contribution >= 4 is 39.7 Å². The van der Waals surface area contributed by atoms with E-state index < -0.39 is 0 Å². The predicted molar refractivity (Wildman–Crippen MR) is 113 cm³/mol. The molecule has 7 nitrogen and oxygen atoms in total. The quantitative estimate of drug-likeness (QED) is 0.297. The van der Waals surface area contributed by atoms with Crippen LogP contribution in [0.4, 0.5) is 17.2 Å². The molecule has 28 heavy (non-hydrogen) atoms. The van der Waals surface area contributed by atoms with E-state index in [0.717, 1.165) is 35.3 Å². The lowest BCUT2D eigenvalue weighted by Crippen LogP contribution is -2.17. The third-order valence-electron chi connectivity index (χ3n) is 3.93. The van der Waals surface area contributed by atoms with Gasteiger partial charge in [-0.2, -0.15) is 0 Å². The van der Waals surface area contributed by atoms with Crippen molar-refractivity contribution in [2.24, 2.45) is 10.3 Å². The summed E-state index contributed by atoms with van der Waals surface area (Å²) in [5, 5.41) is 15.1. The van der Waals surface area contributed by atoms with Crippen LogP contribution in [-0.4, -0.2) is 41.8 Å². The molecular formula is C20H23ClN6O. The molecule has 1 N–H and O–H groups in total. The molecule has 0 unspecified atom stereocenters. The number of likely N-dealkylation sites (N-methyl/N-ethyl adjacent to an activating group) is 1. The molecule has 1 heterocycles. The Bertz CT molecular complexity index is 949. The minimum atomic E-state index is 0.628. The van der Waals surface area contributed by atoms with Crippen LogP contribution in [0.2, 0.25) is 5.02 Å². The molecule has 0 saturated heterocycles. The van der Waals surface area contributed by atoms with Crippen molar-refractivity contribution in [3.05, 3.63) is 53.8 Å². The van der Waals surface area contributed by atoms with Gasteiger partial charge in [-0.1, -0.05) is 29.8 Å². The van der Waals surface area contributed by atoms with Crippen molar-refractivity contribution in [1.82, 2.24) is 15.0 Å². The number of ether oxygens (including phenoxy) is 1. The Balaban J connectivity index is 1.75. The minimum Gasteiger partial charge on any atom is -0.380 e. The first-order valence-corrected chi connectivity index (χ1v) is 9.51. The van der Waals surface area contributed by atoms with Crippen molar-refractivity contribution in [2.45, 2.75) is 13.3 Å². The number of hydrogen-bond acceptors (Lipinski definition) is 6. The number of benzene rings is 2. The third kappa shape index (κ3) is 5.61. The Hall–Kier alpha value is -2.77. The summed E-state index contributed by atoms with van der Waals surface area (Å²) in [6, 6.07) is 13.2. The molecule has 3 aromatic rings. The van der Waals surface area contributed by atoms with Gasteiger partial charge in [-0.05, 0) is 42.8 Å². The largest absolute Gasteiger partial charge is 0.380 e. The van der Waals surface area contributed by atoms with Crippen molar-refractivity contribution < 1.29 is 4.74 Å². The Kier molecular flexibility index (Phi) is 7.11. The lowest BCUT2D eigenvalue weighted by molar-refractivity contribution is 0.111. The fourth-order valence-electron chi connectivity index (χ4n) is 2.53. The van der Waals surface area contributed by atoms with Gasteiger partial charge in [-0.3, -0.25) is 5.01 Å². The van der Waals surface area contributed by atoms with Crippen molar-refractivity contribution in [3.63, 3.8) is 0 Å². The summed E-state index contributed by atoms with van der Waals surface area (Å²) in [4.78, 5) is 8.68. The maximum Gasteiger partial charge on any atom is 0.141 e. The Labute approximate surface area is 169 Å². The number of hydrogen-bond donors (Lipinski definition) is 1. The van der Waals surface area contributed by atoms with E-state index in [1.807, 2.05) is 49.5 Å². The van der Waals surface area contributed by atoms with Gasteiger partial charge in [0.05, 0.1) is 24.4 Å². The third-order valence-corrected chi connectivity index (χ3v) is 4.16. The zero-order valence-electron chi connectivity index (χ0n) is 16.0. The number of fused-ring (bicyclic) bond motifs is 1. The van der Waals surface area contributed by atoms with Crippen molar-refractivity contribution in [3.8, 4) is 0 Å². The second kappa shape index (κ2) is 9.96. The number of nitrogens with zero attached hydrogens (tertiary/aromatic N) is 5. The molecule has 0 aliphatic rings. The van der Waals surface area contributed by atoms with E-state index in [9.17, 15) is 0 Å². The minimum absolute atomic E-state index is 0.628. The fraction of sp³-hybridized carbons (Fsp3) is 0.300. The molecule has 0 amide bonds. The van der Waals surface area contributed by atoms with Crippen molar-refractivity contribution in [1.29, 1.82) is 0 Å². The second-order valence-electron chi connectivity index (χ2n) is 6.24. The topological polar surface area (TPSA) is 75.0 Å². The highest BCUT2D eigenvalue weighted by atomic mass is 35.5. The molecular weight excluding hydrogens is 376 g/mol. The van der Waals surface area contributed by atoms with Gasteiger partial charge in [0.1, 0.15) is 12.1 Å². The molecule has 0 spiro atoms. The summed E-state index contributed by atoms with van der Waals surface area (Å²) in [5.74, 6) is 0.686. The number of rotatable bonds is 9. The number of anilines is 2. The van der Waals surface area contributed by atoms with Crippen LogP contribution in [-0.2, 0) is 4.74 Å². The van der Waals surface area contributed by atoms with E-state index in [4.69, 9.17) is 16.3 Å². The summed E-state index contributed by atoms with van der Waals surface area (Å²) in [6.07, 6.45) is 2.54. The Morgan fingerprint density at radius 1 is 1.14 bits per heavy atom. The maximum atomic E-state index is 6.07. The highest BCUT2D eigenvalue weighted by Gasteiger charge is 2.06. The summed E-state index contributed by atoms with van der Waals surface area (Å²) in [6.45, 7) is 4.16. The molecule has 0 aliphatic carbocycles. The molecule has 146 valence electrons. The summed E-state index contributed by atoms with van der Waals surface area (Å²) < 4.78 is 5.47. The molecule has 0 atom stereocenters. The number of halogens is 1. The second-order valence-corrected chi connectivity index (χ2v) is 6.68. The fourth-order valence-corrected chi connectivity index (χ4v) is 2.72. The van der Waals surface area contributed by atoms with Crippen LogP contribution >= 0.6 is 11.6 Å². The Morgan fingerprint density at radius 3 is 2.86 bits per heavy atom. The first-order chi connectivity index (χ1) is 13.7. The normalized spacial score (nSPS) is 11.2. The molecule has 0 radical (unpaired) electrons. The van der Waals surface area contributed by atoms with Crippen molar-refractivity contribution in [2.75, 3.05) is 32.1 Å². The lowest BCUT2D eigenvalue weighted by atomic mass is 10.2. The van der Waals surface area contributed by atoms with Crippen LogP contribution in [0.5, 0.6) is 0 Å². The zero-order chi connectivity index (χ0) is 19.8. The van der Waals surface area contributed by atoms with E-state index in [2.05, 4.69) is 32.5 Å². The molecule has 0 fully saturated rings. The standard InChI is InChI=1S/C20H23ClN6O/c1-3-10-28-11-9-27(2)26-25-17-7-8-19-18(13-17)20(23-14-22-19)24-16-6-4-5-15(21)12-16/h4-8,12-14H,3,9-11H2,1-2H3,(H,22,23,24). The average molecular weight is 399 g/mol. The first-order valence-electron chi connectivity index (χ1n) is 9.13. The van der Waals surface area contributed by atoms with E-state index in [0.29, 0.717) is 24.0 Å². The molecule has 8 heteroatoms. The molecule has 2 aromatic carbocycles. The molecule has 0 bridgehead atoms. The molecule has 0 aliphatic heterocycles. The van der Waals surface area contributed by atoms with Gasteiger partial charge in [-0.25, -0.2) is 9.97 Å². The van der Waals surface area contributed by atoms with Gasteiger partial charge in [0.2, 0.25) is 0 Å². The summed E-state index contributed by atoms with van der Waals surface area (Å²) in [5.41, 5.74) is 2.39. The van der Waals surface area contributed by atoms with Gasteiger partial charge in [-0.15, -0.1) is 5.11 Å². The Morgan fingerprint density at radius 2 is 2.04 bits per heavy atom. The molecule has 1 aromatic heterocycles. The van der Waals surface area contributed by atoms with E-state index in [1.54, 1.807) is 5.01 Å². The van der Waals surface area contributed by atoms with Crippen LogP contribution in [0.15, 0.2) is 59.1 Å². The lowest BCUT2D eigenvalue weighted by Gasteiger charge is -2.11. The average Bonchev–Trinajstić information content (AvgIpc) is 2.70. The van der Waals surface area contributed by atoms with Gasteiger partial charge < -0.3 is 10.1 Å². The van der Waals surface area contributed by atoms with Crippen LogP contribution in [0, 0.1) is 0 Å². The van der Waals surface area contributed by atoms with E-state index >= 15 is 0 Å². The highest BCUT2D eigenvalue weighted by Crippen LogP contribution is 2.27. The van der Waals surface area contributed by atoms with Crippen LogP contribution < -0.4 is 5.32 Å². The smallest absolute Gasteiger partial charge is 0.141 e. The summed E-state index contributed by atoms with van der Waals surface area (Å²) >= 11 is 6.07. The number of nitrogens with one attached hydrogen (secondary N) is 1. The highest BCUT2D eigenvalue weighted by molar-refractivity contribution is 6.30. The maximum absolute atomic E-state index is 6.07. The predicted octanol–water partition coefficient (Wildman–Crippen LogP) is 5.38.